The minimum atomic E-state index is -3.57. The molecule has 0 unspecified atom stereocenters. The maximum Gasteiger partial charge on any atom is 0.270 e. The number of aryl methyl sites for hydroxylation is 1. The van der Waals surface area contributed by atoms with Gasteiger partial charge in [-0.1, -0.05) is 25.7 Å². The number of hydrogen-bond donors (Lipinski definition) is 1. The molecule has 0 spiro atoms. The van der Waals surface area contributed by atoms with Crippen LogP contribution in [0, 0.1) is 0 Å². The smallest absolute Gasteiger partial charge is 0.270 e. The number of aromatic nitrogens is 1. The molecule has 1 aliphatic carbocycles. The van der Waals surface area contributed by atoms with E-state index in [9.17, 15) is 13.2 Å². The zero-order valence-corrected chi connectivity index (χ0v) is 15.1. The van der Waals surface area contributed by atoms with Gasteiger partial charge in [0.2, 0.25) is 10.0 Å². The summed E-state index contributed by atoms with van der Waals surface area (Å²) in [5.41, 5.74) is 0.482. The van der Waals surface area contributed by atoms with Crippen molar-refractivity contribution in [2.24, 2.45) is 0 Å². The van der Waals surface area contributed by atoms with E-state index in [2.05, 4.69) is 4.72 Å². The summed E-state index contributed by atoms with van der Waals surface area (Å²) >= 11 is 0. The first kappa shape index (κ1) is 17.5. The molecule has 1 aromatic heterocycles. The molecular weight excluding hydrogens is 326 g/mol. The van der Waals surface area contributed by atoms with Crippen LogP contribution in [0.25, 0.3) is 0 Å². The van der Waals surface area contributed by atoms with Crippen LogP contribution in [-0.4, -0.2) is 42.9 Å². The van der Waals surface area contributed by atoms with Crippen LogP contribution < -0.4 is 4.72 Å². The van der Waals surface area contributed by atoms with E-state index in [4.69, 9.17) is 0 Å². The normalized spacial score (nSPS) is 20.5. The number of amides is 1. The lowest BCUT2D eigenvalue weighted by atomic mass is 10.1. The van der Waals surface area contributed by atoms with Crippen LogP contribution in [0.15, 0.2) is 17.2 Å². The maximum atomic E-state index is 12.7. The molecule has 0 bridgehead atoms. The van der Waals surface area contributed by atoms with Crippen LogP contribution >= 0.6 is 0 Å². The van der Waals surface area contributed by atoms with Gasteiger partial charge in [-0.3, -0.25) is 4.79 Å². The van der Waals surface area contributed by atoms with Crippen molar-refractivity contribution in [2.45, 2.75) is 69.4 Å². The summed E-state index contributed by atoms with van der Waals surface area (Å²) in [6.45, 7) is 3.99. The van der Waals surface area contributed by atoms with Crippen molar-refractivity contribution in [2.75, 3.05) is 13.1 Å². The Balaban J connectivity index is 1.82. The molecule has 6 nitrogen and oxygen atoms in total. The van der Waals surface area contributed by atoms with Crippen LogP contribution in [0.2, 0.25) is 0 Å². The molecule has 2 heterocycles. The third-order valence-electron chi connectivity index (χ3n) is 5.07. The van der Waals surface area contributed by atoms with Crippen molar-refractivity contribution < 1.29 is 13.2 Å². The second-order valence-electron chi connectivity index (χ2n) is 6.80. The molecule has 1 aromatic rings. The average Bonchev–Trinajstić information content (AvgIpc) is 2.74. The molecule has 0 atom stereocenters. The third kappa shape index (κ3) is 3.67. The van der Waals surface area contributed by atoms with Gasteiger partial charge < -0.3 is 9.47 Å². The largest absolute Gasteiger partial charge is 0.342 e. The van der Waals surface area contributed by atoms with Crippen LogP contribution in [0.3, 0.4) is 0 Å². The van der Waals surface area contributed by atoms with Gasteiger partial charge in [-0.05, 0) is 32.3 Å². The SMILES string of the molecule is CCN1CCCn2cc(S(=O)(=O)NC3CCCCCC3)cc2C1=O. The Labute approximate surface area is 144 Å². The summed E-state index contributed by atoms with van der Waals surface area (Å²) in [6, 6.07) is 1.55. The van der Waals surface area contributed by atoms with Crippen molar-refractivity contribution in [1.82, 2.24) is 14.2 Å². The molecular formula is C17H27N3O3S. The van der Waals surface area contributed by atoms with Crippen LogP contribution in [0.1, 0.15) is 62.4 Å². The van der Waals surface area contributed by atoms with E-state index in [0.29, 0.717) is 18.8 Å². The Morgan fingerprint density at radius 1 is 1.12 bits per heavy atom. The first-order valence-electron chi connectivity index (χ1n) is 9.03. The molecule has 1 N–H and O–H groups in total. The number of carbonyl (C=O) groups is 1. The number of sulfonamides is 1. The highest BCUT2D eigenvalue weighted by Crippen LogP contribution is 2.22. The summed E-state index contributed by atoms with van der Waals surface area (Å²) in [5.74, 6) is -0.0779. The van der Waals surface area contributed by atoms with Gasteiger partial charge in [-0.2, -0.15) is 0 Å². The monoisotopic (exact) mass is 353 g/mol. The number of carbonyl (C=O) groups excluding carboxylic acids is 1. The Bertz CT molecular complexity index is 688. The van der Waals surface area contributed by atoms with Gasteiger partial charge in [0.15, 0.2) is 0 Å². The number of nitrogens with zero attached hydrogens (tertiary/aromatic N) is 2. The lowest BCUT2D eigenvalue weighted by molar-refractivity contribution is 0.0766. The highest BCUT2D eigenvalue weighted by Gasteiger charge is 2.27. The molecule has 1 saturated carbocycles. The molecule has 1 amide bonds. The molecule has 24 heavy (non-hydrogen) atoms. The van der Waals surface area contributed by atoms with Crippen molar-refractivity contribution in [1.29, 1.82) is 0 Å². The summed E-state index contributed by atoms with van der Waals surface area (Å²) < 4.78 is 30.1. The third-order valence-corrected chi connectivity index (χ3v) is 6.56. The Kier molecular flexibility index (Phi) is 5.30. The fourth-order valence-corrected chi connectivity index (χ4v) is 5.02. The van der Waals surface area contributed by atoms with E-state index in [1.54, 1.807) is 15.7 Å². The Morgan fingerprint density at radius 3 is 2.50 bits per heavy atom. The second-order valence-corrected chi connectivity index (χ2v) is 8.52. The minimum absolute atomic E-state index is 0.0139. The van der Waals surface area contributed by atoms with Crippen LogP contribution in [0.4, 0.5) is 0 Å². The molecule has 0 radical (unpaired) electrons. The van der Waals surface area contributed by atoms with Crippen molar-refractivity contribution >= 4 is 15.9 Å². The van der Waals surface area contributed by atoms with E-state index in [0.717, 1.165) is 38.6 Å². The number of rotatable bonds is 4. The average molecular weight is 353 g/mol. The van der Waals surface area contributed by atoms with Gasteiger partial charge in [0.25, 0.3) is 5.91 Å². The molecule has 3 rings (SSSR count). The van der Waals surface area contributed by atoms with Gasteiger partial charge >= 0.3 is 0 Å². The summed E-state index contributed by atoms with van der Waals surface area (Å²) in [6.07, 6.45) is 8.76. The van der Waals surface area contributed by atoms with Crippen molar-refractivity contribution in [3.05, 3.63) is 18.0 Å². The van der Waals surface area contributed by atoms with Gasteiger partial charge in [-0.15, -0.1) is 0 Å². The quantitative estimate of drug-likeness (QED) is 0.845. The summed E-state index contributed by atoms with van der Waals surface area (Å²) in [5, 5.41) is 0. The highest BCUT2D eigenvalue weighted by atomic mass is 32.2. The van der Waals surface area contributed by atoms with E-state index in [1.165, 1.54) is 18.9 Å². The molecule has 0 saturated heterocycles. The van der Waals surface area contributed by atoms with Gasteiger partial charge in [0.1, 0.15) is 10.6 Å². The first-order chi connectivity index (χ1) is 11.5. The molecule has 7 heteroatoms. The van der Waals surface area contributed by atoms with Crippen LogP contribution in [-0.2, 0) is 16.6 Å². The molecule has 1 fully saturated rings. The maximum absolute atomic E-state index is 12.7. The van der Waals surface area contributed by atoms with Gasteiger partial charge in [-0.25, -0.2) is 13.1 Å². The summed E-state index contributed by atoms with van der Waals surface area (Å²) in [7, 11) is -3.57. The zero-order valence-electron chi connectivity index (χ0n) is 14.3. The lowest BCUT2D eigenvalue weighted by Gasteiger charge is -2.17. The predicted octanol–water partition coefficient (Wildman–Crippen LogP) is 2.36. The topological polar surface area (TPSA) is 71.4 Å². The molecule has 0 aromatic carbocycles. The van der Waals surface area contributed by atoms with E-state index in [1.807, 2.05) is 6.92 Å². The van der Waals surface area contributed by atoms with E-state index in [-0.39, 0.29) is 16.8 Å². The van der Waals surface area contributed by atoms with Crippen molar-refractivity contribution in [3.63, 3.8) is 0 Å². The van der Waals surface area contributed by atoms with E-state index < -0.39 is 10.0 Å². The fourth-order valence-electron chi connectivity index (χ4n) is 3.68. The highest BCUT2D eigenvalue weighted by molar-refractivity contribution is 7.89. The minimum Gasteiger partial charge on any atom is -0.342 e. The van der Waals surface area contributed by atoms with Gasteiger partial charge in [0, 0.05) is 31.9 Å². The molecule has 2 aliphatic rings. The molecule has 134 valence electrons. The standard InChI is InChI=1S/C17H27N3O3S/c1-2-19-10-7-11-20-13-15(12-16(20)17(19)21)24(22,23)18-14-8-5-3-4-6-9-14/h12-14,18H,2-11H2,1H3. The number of nitrogens with one attached hydrogen (secondary N) is 1. The summed E-state index contributed by atoms with van der Waals surface area (Å²) in [4.78, 5) is 14.5. The Hall–Kier alpha value is -1.34. The lowest BCUT2D eigenvalue weighted by Crippen LogP contribution is -2.34. The second kappa shape index (κ2) is 7.27. The Morgan fingerprint density at radius 2 is 1.83 bits per heavy atom. The number of hydrogen-bond acceptors (Lipinski definition) is 3. The first-order valence-corrected chi connectivity index (χ1v) is 10.5. The number of fused-ring (bicyclic) bond motifs is 1. The van der Waals surface area contributed by atoms with Gasteiger partial charge in [0.05, 0.1) is 0 Å². The van der Waals surface area contributed by atoms with Crippen molar-refractivity contribution in [3.8, 4) is 0 Å². The zero-order chi connectivity index (χ0) is 17.2. The van der Waals surface area contributed by atoms with E-state index >= 15 is 0 Å². The predicted molar refractivity (Wildman–Crippen MR) is 92.4 cm³/mol. The van der Waals surface area contributed by atoms with Crippen LogP contribution in [0.5, 0.6) is 0 Å². The fraction of sp³-hybridized carbons (Fsp3) is 0.706. The molecule has 1 aliphatic heterocycles.